The van der Waals surface area contributed by atoms with Gasteiger partial charge in [0.2, 0.25) is 11.8 Å². The fourth-order valence-corrected chi connectivity index (χ4v) is 4.77. The Kier molecular flexibility index (Phi) is 6.80. The number of benzene rings is 2. The summed E-state index contributed by atoms with van der Waals surface area (Å²) >= 11 is 0. The van der Waals surface area contributed by atoms with Gasteiger partial charge in [-0.15, -0.1) is 0 Å². The van der Waals surface area contributed by atoms with Crippen molar-refractivity contribution in [2.24, 2.45) is 5.92 Å². The summed E-state index contributed by atoms with van der Waals surface area (Å²) in [7, 11) is 1.59. The molecule has 1 fully saturated rings. The molecule has 0 saturated carbocycles. The molecule has 0 aliphatic carbocycles. The molecule has 2 amide bonds. The molecule has 2 aliphatic rings. The average molecular weight is 436 g/mol. The van der Waals surface area contributed by atoms with Crippen molar-refractivity contribution in [3.8, 4) is 5.75 Å². The average Bonchev–Trinajstić information content (AvgIpc) is 2.79. The molecule has 32 heavy (non-hydrogen) atoms. The van der Waals surface area contributed by atoms with E-state index in [9.17, 15) is 9.59 Å². The fraction of sp³-hybridized carbons (Fsp3) is 0.462. The van der Waals surface area contributed by atoms with Crippen LogP contribution in [-0.4, -0.2) is 54.9 Å². The van der Waals surface area contributed by atoms with E-state index < -0.39 is 6.04 Å². The van der Waals surface area contributed by atoms with Crippen molar-refractivity contribution in [2.45, 2.75) is 39.2 Å². The maximum Gasteiger partial charge on any atom is 0.244 e. The van der Waals surface area contributed by atoms with Crippen molar-refractivity contribution < 1.29 is 14.3 Å². The normalized spacial score (nSPS) is 19.3. The molecule has 0 unspecified atom stereocenters. The zero-order valence-electron chi connectivity index (χ0n) is 19.3. The maximum absolute atomic E-state index is 13.7. The summed E-state index contributed by atoms with van der Waals surface area (Å²) in [5.41, 5.74) is 3.93. The first kappa shape index (κ1) is 22.3. The number of rotatable bonds is 5. The largest absolute Gasteiger partial charge is 0.495 e. The van der Waals surface area contributed by atoms with Gasteiger partial charge in [0.05, 0.1) is 19.3 Å². The van der Waals surface area contributed by atoms with Gasteiger partial charge >= 0.3 is 0 Å². The van der Waals surface area contributed by atoms with Crippen LogP contribution in [0.2, 0.25) is 0 Å². The van der Waals surface area contributed by atoms with Crippen molar-refractivity contribution in [1.82, 2.24) is 9.80 Å². The molecule has 2 aromatic rings. The molecule has 0 aromatic heterocycles. The summed E-state index contributed by atoms with van der Waals surface area (Å²) in [6.07, 6.45) is 2.90. The van der Waals surface area contributed by atoms with Crippen LogP contribution in [0.1, 0.15) is 42.5 Å². The predicted octanol–water partition coefficient (Wildman–Crippen LogP) is 3.80. The lowest BCUT2D eigenvalue weighted by atomic mass is 9.90. The van der Waals surface area contributed by atoms with E-state index in [2.05, 4.69) is 18.3 Å². The number of carbonyl (C=O) groups is 2. The van der Waals surface area contributed by atoms with Gasteiger partial charge in [-0.1, -0.05) is 37.3 Å². The van der Waals surface area contributed by atoms with Gasteiger partial charge < -0.3 is 15.0 Å². The van der Waals surface area contributed by atoms with Crippen LogP contribution in [0, 0.1) is 12.8 Å². The lowest BCUT2D eigenvalue weighted by molar-refractivity contribution is -0.139. The summed E-state index contributed by atoms with van der Waals surface area (Å²) in [5, 5.41) is 2.99. The number of methoxy groups -OCH3 is 1. The smallest absolute Gasteiger partial charge is 0.244 e. The SMILES string of the molecule is COc1ccc(C)cc1NC(=O)CN1CCc2ccccc2[C@@H]1C(=O)N1CCC(C)CC1. The fourth-order valence-electron chi connectivity index (χ4n) is 4.77. The minimum absolute atomic E-state index is 0.116. The molecule has 2 heterocycles. The molecule has 0 radical (unpaired) electrons. The van der Waals surface area contributed by atoms with E-state index >= 15 is 0 Å². The molecule has 6 heteroatoms. The lowest BCUT2D eigenvalue weighted by Gasteiger charge is -2.40. The minimum Gasteiger partial charge on any atom is -0.495 e. The third-order valence-corrected chi connectivity index (χ3v) is 6.69. The number of nitrogens with one attached hydrogen (secondary N) is 1. The summed E-state index contributed by atoms with van der Waals surface area (Å²) in [4.78, 5) is 30.7. The number of fused-ring (bicyclic) bond motifs is 1. The van der Waals surface area contributed by atoms with E-state index in [4.69, 9.17) is 4.74 Å². The van der Waals surface area contributed by atoms with Crippen LogP contribution in [-0.2, 0) is 16.0 Å². The van der Waals surface area contributed by atoms with Gasteiger partial charge in [0.1, 0.15) is 11.8 Å². The van der Waals surface area contributed by atoms with E-state index in [1.54, 1.807) is 7.11 Å². The Balaban J connectivity index is 1.54. The topological polar surface area (TPSA) is 61.9 Å². The molecule has 2 aliphatic heterocycles. The quantitative estimate of drug-likeness (QED) is 0.776. The highest BCUT2D eigenvalue weighted by Gasteiger charge is 2.37. The molecule has 1 N–H and O–H groups in total. The Morgan fingerprint density at radius 3 is 2.59 bits per heavy atom. The lowest BCUT2D eigenvalue weighted by Crippen LogP contribution is -2.50. The molecular weight excluding hydrogens is 402 g/mol. The molecule has 6 nitrogen and oxygen atoms in total. The number of hydrogen-bond acceptors (Lipinski definition) is 4. The Morgan fingerprint density at radius 1 is 1.09 bits per heavy atom. The van der Waals surface area contributed by atoms with Crippen molar-refractivity contribution >= 4 is 17.5 Å². The second-order valence-electron chi connectivity index (χ2n) is 9.08. The van der Waals surface area contributed by atoms with Gasteiger partial charge in [-0.2, -0.15) is 0 Å². The molecule has 1 atom stereocenters. The third-order valence-electron chi connectivity index (χ3n) is 6.69. The highest BCUT2D eigenvalue weighted by atomic mass is 16.5. The summed E-state index contributed by atoms with van der Waals surface area (Å²) in [5.74, 6) is 1.26. The van der Waals surface area contributed by atoms with Crippen LogP contribution in [0.25, 0.3) is 0 Å². The van der Waals surface area contributed by atoms with E-state index in [1.807, 2.05) is 53.1 Å². The molecule has 2 aromatic carbocycles. The minimum atomic E-state index is -0.418. The zero-order valence-corrected chi connectivity index (χ0v) is 19.3. The number of anilines is 1. The van der Waals surface area contributed by atoms with Gasteiger partial charge in [-0.3, -0.25) is 14.5 Å². The highest BCUT2D eigenvalue weighted by Crippen LogP contribution is 2.33. The first-order valence-corrected chi connectivity index (χ1v) is 11.5. The Hall–Kier alpha value is -2.86. The number of piperidine rings is 1. The second-order valence-corrected chi connectivity index (χ2v) is 9.08. The van der Waals surface area contributed by atoms with Gasteiger partial charge in [-0.25, -0.2) is 0 Å². The van der Waals surface area contributed by atoms with Gasteiger partial charge in [0.25, 0.3) is 0 Å². The molecule has 0 bridgehead atoms. The zero-order chi connectivity index (χ0) is 22.7. The summed E-state index contributed by atoms with van der Waals surface area (Å²) in [6, 6.07) is 13.4. The number of aryl methyl sites for hydroxylation is 1. The number of ether oxygens (including phenoxy) is 1. The van der Waals surface area contributed by atoms with Crippen LogP contribution in [0.3, 0.4) is 0 Å². The third kappa shape index (κ3) is 4.80. The number of likely N-dealkylation sites (tertiary alicyclic amines) is 1. The van der Waals surface area contributed by atoms with Crippen LogP contribution in [0.15, 0.2) is 42.5 Å². The molecule has 170 valence electrons. The number of carbonyl (C=O) groups excluding carboxylic acids is 2. The highest BCUT2D eigenvalue weighted by molar-refractivity contribution is 5.94. The predicted molar refractivity (Wildman–Crippen MR) is 126 cm³/mol. The second kappa shape index (κ2) is 9.74. The van der Waals surface area contributed by atoms with Gasteiger partial charge in [-0.05, 0) is 60.9 Å². The number of nitrogens with zero attached hydrogens (tertiary/aromatic N) is 2. The van der Waals surface area contributed by atoms with Gasteiger partial charge in [0.15, 0.2) is 0 Å². The molecule has 0 spiro atoms. The van der Waals surface area contributed by atoms with E-state index in [1.165, 1.54) is 5.56 Å². The summed E-state index contributed by atoms with van der Waals surface area (Å²) < 4.78 is 5.40. The molecular formula is C26H33N3O3. The van der Waals surface area contributed by atoms with E-state index in [0.29, 0.717) is 23.9 Å². The monoisotopic (exact) mass is 435 g/mol. The number of hydrogen-bond donors (Lipinski definition) is 1. The standard InChI is InChI=1S/C26H33N3O3/c1-18-10-13-28(14-11-18)26(31)25-21-7-5-4-6-20(21)12-15-29(25)17-24(30)27-22-16-19(2)8-9-23(22)32-3/h4-9,16,18,25H,10-15,17H2,1-3H3,(H,27,30)/t25-/m1/s1. The van der Waals surface area contributed by atoms with Crippen LogP contribution in [0.4, 0.5) is 5.69 Å². The Bertz CT molecular complexity index is 982. The molecule has 4 rings (SSSR count). The van der Waals surface area contributed by atoms with Crippen LogP contribution >= 0.6 is 0 Å². The van der Waals surface area contributed by atoms with Crippen molar-refractivity contribution in [2.75, 3.05) is 38.6 Å². The first-order valence-electron chi connectivity index (χ1n) is 11.5. The van der Waals surface area contributed by atoms with Crippen LogP contribution in [0.5, 0.6) is 5.75 Å². The van der Waals surface area contributed by atoms with Gasteiger partial charge in [0, 0.05) is 19.6 Å². The van der Waals surface area contributed by atoms with Crippen molar-refractivity contribution in [3.05, 3.63) is 59.2 Å². The first-order chi connectivity index (χ1) is 15.5. The van der Waals surface area contributed by atoms with Crippen molar-refractivity contribution in [1.29, 1.82) is 0 Å². The Morgan fingerprint density at radius 2 is 1.84 bits per heavy atom. The van der Waals surface area contributed by atoms with E-state index in [-0.39, 0.29) is 18.4 Å². The van der Waals surface area contributed by atoms with Crippen molar-refractivity contribution in [3.63, 3.8) is 0 Å². The maximum atomic E-state index is 13.7. The summed E-state index contributed by atoms with van der Waals surface area (Å²) in [6.45, 7) is 6.64. The van der Waals surface area contributed by atoms with E-state index in [0.717, 1.165) is 43.5 Å². The van der Waals surface area contributed by atoms with Crippen LogP contribution < -0.4 is 10.1 Å². The number of amides is 2. The molecule has 1 saturated heterocycles. The Labute approximate surface area is 190 Å².